The highest BCUT2D eigenvalue weighted by atomic mass is 31.2. The van der Waals surface area contributed by atoms with Gasteiger partial charge < -0.3 is 33.8 Å². The Balaban J connectivity index is 5.22. The highest BCUT2D eigenvalue weighted by Crippen LogP contribution is 2.45. The van der Waals surface area contributed by atoms with Crippen LogP contribution >= 0.6 is 15.6 Å². The third kappa shape index (κ3) is 57.6. The number of aliphatic hydroxyl groups is 1. The Labute approximate surface area is 505 Å². The summed E-state index contributed by atoms with van der Waals surface area (Å²) in [6.07, 6.45) is 38.9. The van der Waals surface area contributed by atoms with Gasteiger partial charge in [-0.2, -0.15) is 0 Å². The lowest BCUT2D eigenvalue weighted by Crippen LogP contribution is -2.30. The zero-order chi connectivity index (χ0) is 61.5. The molecule has 0 aromatic rings. The average molecular weight is 1230 g/mol. The minimum atomic E-state index is -4.94. The normalized spacial score (nSPS) is 14.6. The van der Waals surface area contributed by atoms with Crippen LogP contribution in [0.3, 0.4) is 0 Å². The molecule has 492 valence electrons. The van der Waals surface area contributed by atoms with Crippen molar-refractivity contribution in [2.75, 3.05) is 39.6 Å². The number of phosphoric ester groups is 2. The molecule has 0 fully saturated rings. The van der Waals surface area contributed by atoms with Gasteiger partial charge in [-0.05, 0) is 37.5 Å². The van der Waals surface area contributed by atoms with Crippen LogP contribution in [0.25, 0.3) is 0 Å². The van der Waals surface area contributed by atoms with E-state index >= 15 is 0 Å². The summed E-state index contributed by atoms with van der Waals surface area (Å²) in [6, 6.07) is 0. The molecule has 0 saturated carbocycles. The number of carbonyl (C=O) groups excluding carboxylic acids is 4. The van der Waals surface area contributed by atoms with Crippen LogP contribution in [-0.4, -0.2) is 96.7 Å². The zero-order valence-corrected chi connectivity index (χ0v) is 55.3. The maximum atomic E-state index is 13.0. The molecule has 19 heteroatoms. The second kappa shape index (κ2) is 56.6. The molecule has 0 aromatic carbocycles. The summed E-state index contributed by atoms with van der Waals surface area (Å²) in [5.41, 5.74) is 0. The van der Waals surface area contributed by atoms with Crippen molar-refractivity contribution in [3.63, 3.8) is 0 Å². The molecule has 0 heterocycles. The van der Waals surface area contributed by atoms with Crippen LogP contribution < -0.4 is 0 Å². The topological polar surface area (TPSA) is 237 Å². The Morgan fingerprint density at radius 3 is 0.916 bits per heavy atom. The van der Waals surface area contributed by atoms with Gasteiger partial charge in [-0.1, -0.05) is 266 Å². The lowest BCUT2D eigenvalue weighted by molar-refractivity contribution is -0.161. The monoisotopic (exact) mass is 1230 g/mol. The van der Waals surface area contributed by atoms with Crippen molar-refractivity contribution in [1.29, 1.82) is 0 Å². The molecule has 3 unspecified atom stereocenters. The molecular weight excluding hydrogens is 1100 g/mol. The van der Waals surface area contributed by atoms with Crippen molar-refractivity contribution in [3.8, 4) is 0 Å². The van der Waals surface area contributed by atoms with Gasteiger partial charge in [0.25, 0.3) is 0 Å². The molecule has 0 aliphatic rings. The quantitative estimate of drug-likeness (QED) is 0.0222. The average Bonchev–Trinajstić information content (AvgIpc) is 3.46. The van der Waals surface area contributed by atoms with Gasteiger partial charge in [0, 0.05) is 25.7 Å². The van der Waals surface area contributed by atoms with Crippen LogP contribution in [0.15, 0.2) is 0 Å². The number of rotatable bonds is 63. The molecule has 0 aromatic heterocycles. The van der Waals surface area contributed by atoms with E-state index < -0.39 is 97.5 Å². The first kappa shape index (κ1) is 81.1. The molecule has 0 aliphatic carbocycles. The third-order valence-electron chi connectivity index (χ3n) is 15.1. The molecule has 0 bridgehead atoms. The SMILES string of the molecule is CCCCCCCCCCC(=O)OC[C@H](COP(=O)(O)OC[C@H](O)COP(=O)(O)OC[C@@H](COC(=O)CCCCCCCCCCCCC(C)C)OC(=O)CCCCCCCCCCCCC(C)CC)OC(=O)CCCCCCCCCC. The number of hydrogen-bond acceptors (Lipinski definition) is 15. The first-order chi connectivity index (χ1) is 39.9. The third-order valence-corrected chi connectivity index (χ3v) is 17.0. The largest absolute Gasteiger partial charge is 0.472 e. The fraction of sp³-hybridized carbons (Fsp3) is 0.938. The Kier molecular flexibility index (Phi) is 55.2. The van der Waals surface area contributed by atoms with Crippen molar-refractivity contribution >= 4 is 39.5 Å². The first-order valence-corrected chi connectivity index (χ1v) is 36.5. The number of esters is 4. The Morgan fingerprint density at radius 1 is 0.349 bits per heavy atom. The van der Waals surface area contributed by atoms with Crippen LogP contribution in [0, 0.1) is 11.8 Å². The molecule has 0 radical (unpaired) electrons. The molecule has 0 rings (SSSR count). The maximum absolute atomic E-state index is 13.0. The van der Waals surface area contributed by atoms with E-state index in [4.69, 9.17) is 37.0 Å². The van der Waals surface area contributed by atoms with E-state index in [1.165, 1.54) is 122 Å². The van der Waals surface area contributed by atoms with Crippen molar-refractivity contribution in [2.24, 2.45) is 11.8 Å². The summed E-state index contributed by atoms with van der Waals surface area (Å²) >= 11 is 0. The highest BCUT2D eigenvalue weighted by Gasteiger charge is 2.30. The minimum Gasteiger partial charge on any atom is -0.462 e. The highest BCUT2D eigenvalue weighted by molar-refractivity contribution is 7.47. The lowest BCUT2D eigenvalue weighted by Gasteiger charge is -2.21. The first-order valence-electron chi connectivity index (χ1n) is 33.5. The summed E-state index contributed by atoms with van der Waals surface area (Å²) in [7, 11) is -9.88. The van der Waals surface area contributed by atoms with E-state index in [1.807, 2.05) is 0 Å². The zero-order valence-electron chi connectivity index (χ0n) is 53.5. The van der Waals surface area contributed by atoms with Crippen molar-refractivity contribution in [2.45, 2.75) is 336 Å². The number of carbonyl (C=O) groups is 4. The summed E-state index contributed by atoms with van der Waals surface area (Å²) in [5, 5.41) is 10.5. The fourth-order valence-electron chi connectivity index (χ4n) is 9.50. The van der Waals surface area contributed by atoms with Crippen molar-refractivity contribution in [1.82, 2.24) is 0 Å². The van der Waals surface area contributed by atoms with Crippen LogP contribution in [-0.2, 0) is 65.4 Å². The van der Waals surface area contributed by atoms with Gasteiger partial charge in [0.2, 0.25) is 0 Å². The number of unbranched alkanes of at least 4 members (excludes halogenated alkanes) is 32. The minimum absolute atomic E-state index is 0.104. The molecule has 0 spiro atoms. The smallest absolute Gasteiger partial charge is 0.462 e. The van der Waals surface area contributed by atoms with Gasteiger partial charge in [0.05, 0.1) is 26.4 Å². The molecule has 0 aliphatic heterocycles. The van der Waals surface area contributed by atoms with Crippen LogP contribution in [0.4, 0.5) is 0 Å². The predicted octanol–water partition coefficient (Wildman–Crippen LogP) is 17.7. The van der Waals surface area contributed by atoms with Crippen LogP contribution in [0.2, 0.25) is 0 Å². The molecule has 6 atom stereocenters. The van der Waals surface area contributed by atoms with Gasteiger partial charge in [-0.3, -0.25) is 37.3 Å². The molecule has 0 amide bonds. The van der Waals surface area contributed by atoms with Gasteiger partial charge in [0.1, 0.15) is 19.3 Å². The molecular formula is C64H124O17P2. The van der Waals surface area contributed by atoms with E-state index in [0.717, 1.165) is 115 Å². The van der Waals surface area contributed by atoms with Crippen molar-refractivity contribution in [3.05, 3.63) is 0 Å². The molecule has 0 saturated heterocycles. The van der Waals surface area contributed by atoms with E-state index in [2.05, 4.69) is 41.5 Å². The van der Waals surface area contributed by atoms with Crippen molar-refractivity contribution < 1.29 is 80.2 Å². The standard InChI is InChI=1S/C64H124O17P2/c1-7-10-12-14-16-28-34-40-46-61(66)74-52-59(80-63(68)48-42-36-29-17-15-13-11-8-2)54-78-82(70,71)76-50-58(65)51-77-83(72,73)79-55-60(53-75-62(67)47-41-35-30-24-20-18-22-26-32-38-44-56(4)5)81-64(69)49-43-37-31-25-21-19-23-27-33-39-45-57(6)9-3/h56-60,65H,7-55H2,1-6H3,(H,70,71)(H,72,73)/t57?,58-,59+,60+/m0/s1. The Morgan fingerprint density at radius 2 is 0.614 bits per heavy atom. The van der Waals surface area contributed by atoms with E-state index in [-0.39, 0.29) is 25.7 Å². The van der Waals surface area contributed by atoms with Crippen LogP contribution in [0.5, 0.6) is 0 Å². The summed E-state index contributed by atoms with van der Waals surface area (Å²) in [5.74, 6) is -0.576. The second-order valence-electron chi connectivity index (χ2n) is 23.9. The van der Waals surface area contributed by atoms with E-state index in [0.29, 0.717) is 25.7 Å². The number of ether oxygens (including phenoxy) is 4. The number of aliphatic hydroxyl groups excluding tert-OH is 1. The summed E-state index contributed by atoms with van der Waals surface area (Å²) < 4.78 is 67.9. The van der Waals surface area contributed by atoms with E-state index in [1.54, 1.807) is 0 Å². The van der Waals surface area contributed by atoms with Gasteiger partial charge in [-0.25, -0.2) is 9.13 Å². The fourth-order valence-corrected chi connectivity index (χ4v) is 11.1. The second-order valence-corrected chi connectivity index (χ2v) is 26.8. The maximum Gasteiger partial charge on any atom is 0.472 e. The molecule has 17 nitrogen and oxygen atoms in total. The van der Waals surface area contributed by atoms with Gasteiger partial charge in [-0.15, -0.1) is 0 Å². The summed E-state index contributed by atoms with van der Waals surface area (Å²) in [6.45, 7) is 9.46. The Bertz CT molecular complexity index is 1630. The van der Waals surface area contributed by atoms with Crippen LogP contribution in [0.1, 0.15) is 318 Å². The van der Waals surface area contributed by atoms with Gasteiger partial charge >= 0.3 is 39.5 Å². The Hall–Kier alpha value is -1.94. The number of phosphoric acid groups is 2. The summed E-state index contributed by atoms with van der Waals surface area (Å²) in [4.78, 5) is 72.1. The predicted molar refractivity (Wildman–Crippen MR) is 331 cm³/mol. The van der Waals surface area contributed by atoms with Gasteiger partial charge in [0.15, 0.2) is 12.2 Å². The molecule has 3 N–H and O–H groups in total. The van der Waals surface area contributed by atoms with E-state index in [9.17, 15) is 43.2 Å². The number of hydrogen-bond donors (Lipinski definition) is 3. The molecule has 83 heavy (non-hydrogen) atoms. The lowest BCUT2D eigenvalue weighted by atomic mass is 9.99.